The Balaban J connectivity index is 3.53. The molecule has 408 valence electrons. The van der Waals surface area contributed by atoms with Crippen LogP contribution in [0.5, 0.6) is 0 Å². The maximum Gasteiger partial charge on any atom is 0.220 e. The van der Waals surface area contributed by atoms with Gasteiger partial charge in [-0.15, -0.1) is 0 Å². The quantitative estimate of drug-likeness (QED) is 0.0420. The van der Waals surface area contributed by atoms with Gasteiger partial charge in [-0.25, -0.2) is 0 Å². The topological polar surface area (TPSA) is 69.6 Å². The molecule has 0 aliphatic heterocycles. The van der Waals surface area contributed by atoms with E-state index in [1.54, 1.807) is 6.08 Å². The summed E-state index contributed by atoms with van der Waals surface area (Å²) >= 11 is 0. The van der Waals surface area contributed by atoms with E-state index >= 15 is 0 Å². The van der Waals surface area contributed by atoms with E-state index in [4.69, 9.17) is 0 Å². The van der Waals surface area contributed by atoms with Crippen molar-refractivity contribution in [3.05, 3.63) is 109 Å². The van der Waals surface area contributed by atoms with Gasteiger partial charge in [0.15, 0.2) is 0 Å². The number of allylic oxidation sites excluding steroid dienone is 17. The Hall–Kier alpha value is -2.95. The van der Waals surface area contributed by atoms with Crippen molar-refractivity contribution in [3.63, 3.8) is 0 Å². The van der Waals surface area contributed by atoms with E-state index < -0.39 is 12.1 Å². The minimum absolute atomic E-state index is 0.0738. The van der Waals surface area contributed by atoms with Crippen LogP contribution in [0.1, 0.15) is 290 Å². The van der Waals surface area contributed by atoms with Gasteiger partial charge in [0.2, 0.25) is 5.91 Å². The van der Waals surface area contributed by atoms with Crippen LogP contribution in [0.3, 0.4) is 0 Å². The zero-order valence-electron chi connectivity index (χ0n) is 47.0. The molecule has 0 aromatic heterocycles. The Kier molecular flexibility index (Phi) is 58.8. The van der Waals surface area contributed by atoms with Gasteiger partial charge in [-0.2, -0.15) is 0 Å². The lowest BCUT2D eigenvalue weighted by molar-refractivity contribution is -0.123. The van der Waals surface area contributed by atoms with Gasteiger partial charge in [-0.1, -0.05) is 303 Å². The van der Waals surface area contributed by atoms with Crippen molar-refractivity contribution in [3.8, 4) is 0 Å². The Bertz CT molecular complexity index is 1350. The van der Waals surface area contributed by atoms with Crippen molar-refractivity contribution in [1.82, 2.24) is 5.32 Å². The van der Waals surface area contributed by atoms with E-state index in [0.717, 1.165) is 77.0 Å². The van der Waals surface area contributed by atoms with Crippen LogP contribution in [0.15, 0.2) is 109 Å². The van der Waals surface area contributed by atoms with Gasteiger partial charge in [0.05, 0.1) is 18.8 Å². The van der Waals surface area contributed by atoms with Crippen LogP contribution in [0.25, 0.3) is 0 Å². The summed E-state index contributed by atoms with van der Waals surface area (Å²) in [6.45, 7) is 4.20. The van der Waals surface area contributed by atoms with E-state index in [2.05, 4.69) is 116 Å². The first kappa shape index (κ1) is 68.0. The lowest BCUT2D eigenvalue weighted by atomic mass is 10.0. The van der Waals surface area contributed by atoms with Crippen molar-refractivity contribution in [1.29, 1.82) is 0 Å². The molecule has 0 radical (unpaired) electrons. The summed E-state index contributed by atoms with van der Waals surface area (Å²) in [5, 5.41) is 23.2. The van der Waals surface area contributed by atoms with Gasteiger partial charge in [-0.3, -0.25) is 4.79 Å². The average molecular weight is 985 g/mol. The number of hydrogen-bond acceptors (Lipinski definition) is 3. The normalized spacial score (nSPS) is 13.6. The molecule has 0 aliphatic rings. The molecule has 3 N–H and O–H groups in total. The molecule has 0 saturated heterocycles. The molecule has 2 atom stereocenters. The summed E-state index contributed by atoms with van der Waals surface area (Å²) in [5.41, 5.74) is 0. The van der Waals surface area contributed by atoms with Crippen LogP contribution in [-0.4, -0.2) is 34.9 Å². The number of nitrogens with one attached hydrogen (secondary N) is 1. The SMILES string of the molecule is CC/C=C\C/C=C\C/C=C\C/C=C\C/C=C\C/C=C\C/C=C\CCCCCCCCCCCCCCCCCCCC(=O)NC(CO)C(O)/C=C/CC/C=C/CCCCCCCCCCCCCCCC. The molecule has 4 nitrogen and oxygen atoms in total. The Morgan fingerprint density at radius 2 is 0.634 bits per heavy atom. The van der Waals surface area contributed by atoms with Crippen molar-refractivity contribution >= 4 is 5.91 Å². The van der Waals surface area contributed by atoms with Gasteiger partial charge >= 0.3 is 0 Å². The maximum absolute atomic E-state index is 12.5. The Morgan fingerprint density at radius 1 is 0.352 bits per heavy atom. The largest absolute Gasteiger partial charge is 0.394 e. The lowest BCUT2D eigenvalue weighted by Crippen LogP contribution is -2.45. The molecule has 0 rings (SSSR count). The summed E-state index contributed by atoms with van der Waals surface area (Å²) in [6.07, 6.45) is 92.7. The zero-order valence-corrected chi connectivity index (χ0v) is 47.0. The fourth-order valence-corrected chi connectivity index (χ4v) is 8.88. The van der Waals surface area contributed by atoms with E-state index in [9.17, 15) is 15.0 Å². The predicted molar refractivity (Wildman–Crippen MR) is 317 cm³/mol. The van der Waals surface area contributed by atoms with Crippen molar-refractivity contribution in [2.45, 2.75) is 302 Å². The predicted octanol–water partition coefficient (Wildman–Crippen LogP) is 20.6. The van der Waals surface area contributed by atoms with E-state index in [1.165, 1.54) is 193 Å². The highest BCUT2D eigenvalue weighted by Gasteiger charge is 2.18. The molecule has 4 heteroatoms. The van der Waals surface area contributed by atoms with Gasteiger partial charge < -0.3 is 15.5 Å². The fraction of sp³-hybridized carbons (Fsp3) is 0.716. The van der Waals surface area contributed by atoms with Crippen LogP contribution in [-0.2, 0) is 4.79 Å². The first-order valence-electron chi connectivity index (χ1n) is 30.6. The third-order valence-corrected chi connectivity index (χ3v) is 13.5. The van der Waals surface area contributed by atoms with Crippen LogP contribution in [0.2, 0.25) is 0 Å². The number of rotatable bonds is 55. The molecular formula is C67H117NO3. The van der Waals surface area contributed by atoms with Crippen molar-refractivity contribution < 1.29 is 15.0 Å². The summed E-state index contributed by atoms with van der Waals surface area (Å²) < 4.78 is 0. The van der Waals surface area contributed by atoms with Crippen LogP contribution >= 0.6 is 0 Å². The van der Waals surface area contributed by atoms with Crippen LogP contribution in [0, 0.1) is 0 Å². The molecule has 0 heterocycles. The Morgan fingerprint density at radius 3 is 0.986 bits per heavy atom. The molecule has 0 aromatic carbocycles. The molecule has 2 unspecified atom stereocenters. The minimum atomic E-state index is -0.867. The zero-order chi connectivity index (χ0) is 51.3. The van der Waals surface area contributed by atoms with Gasteiger partial charge in [0.1, 0.15) is 0 Å². The average Bonchev–Trinajstić information content (AvgIpc) is 3.37. The minimum Gasteiger partial charge on any atom is -0.394 e. The van der Waals surface area contributed by atoms with E-state index in [0.29, 0.717) is 6.42 Å². The van der Waals surface area contributed by atoms with E-state index in [-0.39, 0.29) is 12.5 Å². The van der Waals surface area contributed by atoms with Crippen LogP contribution < -0.4 is 5.32 Å². The molecular weight excluding hydrogens is 867 g/mol. The Labute approximate surface area is 442 Å². The molecule has 71 heavy (non-hydrogen) atoms. The summed E-state index contributed by atoms with van der Waals surface area (Å²) in [6, 6.07) is -0.644. The number of aliphatic hydroxyl groups excluding tert-OH is 2. The second-order valence-corrected chi connectivity index (χ2v) is 20.4. The molecule has 0 aromatic rings. The van der Waals surface area contributed by atoms with Gasteiger partial charge in [0, 0.05) is 6.42 Å². The summed E-state index contributed by atoms with van der Waals surface area (Å²) in [7, 11) is 0. The second kappa shape index (κ2) is 61.4. The number of carbonyl (C=O) groups is 1. The van der Waals surface area contributed by atoms with Crippen molar-refractivity contribution in [2.24, 2.45) is 0 Å². The number of aliphatic hydroxyl groups is 2. The number of unbranched alkanes of at least 4 members (excludes halogenated alkanes) is 32. The smallest absolute Gasteiger partial charge is 0.220 e. The monoisotopic (exact) mass is 984 g/mol. The second-order valence-electron chi connectivity index (χ2n) is 20.4. The van der Waals surface area contributed by atoms with Gasteiger partial charge in [0.25, 0.3) is 0 Å². The third kappa shape index (κ3) is 57.8. The fourth-order valence-electron chi connectivity index (χ4n) is 8.88. The maximum atomic E-state index is 12.5. The van der Waals surface area contributed by atoms with Crippen molar-refractivity contribution in [2.75, 3.05) is 6.61 Å². The number of carbonyl (C=O) groups excluding carboxylic acids is 1. The first-order chi connectivity index (χ1) is 35.2. The number of amides is 1. The standard InChI is InChI=1S/C67H117NO3/c1-3-5-7-9-11-13-15-17-19-21-23-25-26-27-28-29-30-31-32-33-34-35-36-37-38-39-40-41-42-43-45-47-49-51-53-55-57-59-61-63-67(71)68-65(64-69)66(70)62-60-58-56-54-52-50-48-46-44-24-22-20-18-16-14-12-10-8-6-4-2/h5,7,11,13,17,19,23,25,27-28,30-31,33-34,52,54,60,62,65-66,69-70H,3-4,6,8-10,12,14-16,18,20-22,24,26,29,32,35-51,53,55-59,61,63-64H2,1-2H3,(H,68,71)/b7-5-,13-11-,19-17-,25-23-,28-27-,31-30-,34-33-,54-52+,62-60+. The molecule has 1 amide bonds. The van der Waals surface area contributed by atoms with Crippen LogP contribution in [0.4, 0.5) is 0 Å². The van der Waals surface area contributed by atoms with E-state index in [1.807, 2.05) is 6.08 Å². The lowest BCUT2D eigenvalue weighted by Gasteiger charge is -2.19. The number of hydrogen-bond donors (Lipinski definition) is 3. The highest BCUT2D eigenvalue weighted by atomic mass is 16.3. The highest BCUT2D eigenvalue weighted by Crippen LogP contribution is 2.16. The molecule has 0 saturated carbocycles. The summed E-state index contributed by atoms with van der Waals surface area (Å²) in [5.74, 6) is -0.0738. The molecule has 0 fully saturated rings. The molecule has 0 spiro atoms. The molecule has 0 bridgehead atoms. The summed E-state index contributed by atoms with van der Waals surface area (Å²) in [4.78, 5) is 12.5. The highest BCUT2D eigenvalue weighted by molar-refractivity contribution is 5.76. The van der Waals surface area contributed by atoms with Gasteiger partial charge in [-0.05, 0) is 89.9 Å². The third-order valence-electron chi connectivity index (χ3n) is 13.5. The molecule has 0 aliphatic carbocycles. The first-order valence-corrected chi connectivity index (χ1v) is 30.6.